The molecule has 0 aromatic heterocycles. The van der Waals surface area contributed by atoms with Crippen LogP contribution in [0.2, 0.25) is 0 Å². The van der Waals surface area contributed by atoms with Gasteiger partial charge in [0.25, 0.3) is 0 Å². The molecule has 1 N–H and O–H groups in total. The summed E-state index contributed by atoms with van der Waals surface area (Å²) in [5.74, 6) is 2.27. The zero-order valence-electron chi connectivity index (χ0n) is 6.01. The van der Waals surface area contributed by atoms with E-state index in [0.717, 1.165) is 12.8 Å². The fraction of sp³-hybridized carbons (Fsp3) is 0.556. The molecule has 54 valence electrons. The number of aliphatic hydroxyl groups excluding tert-OH is 1. The van der Waals surface area contributed by atoms with Crippen LogP contribution in [0, 0.1) is 12.3 Å². The Balaban J connectivity index is 2.46. The number of hydrogen-bond acceptors (Lipinski definition) is 1. The molecule has 0 heterocycles. The minimum atomic E-state index is -0.659. The first-order valence-corrected chi connectivity index (χ1v) is 3.66. The molecule has 1 heteroatoms. The van der Waals surface area contributed by atoms with Gasteiger partial charge in [-0.2, -0.15) is 0 Å². The first kappa shape index (κ1) is 7.37. The second-order valence-electron chi connectivity index (χ2n) is 2.64. The summed E-state index contributed by atoms with van der Waals surface area (Å²) in [7, 11) is 0. The van der Waals surface area contributed by atoms with Gasteiger partial charge < -0.3 is 5.11 Å². The first-order valence-electron chi connectivity index (χ1n) is 3.66. The van der Waals surface area contributed by atoms with Crippen LogP contribution in [0.3, 0.4) is 0 Å². The van der Waals surface area contributed by atoms with E-state index in [9.17, 15) is 0 Å². The second kappa shape index (κ2) is 3.43. The summed E-state index contributed by atoms with van der Waals surface area (Å²) >= 11 is 0. The van der Waals surface area contributed by atoms with E-state index in [0.29, 0.717) is 0 Å². The van der Waals surface area contributed by atoms with E-state index >= 15 is 0 Å². The van der Waals surface area contributed by atoms with Crippen LogP contribution in [0.1, 0.15) is 25.7 Å². The summed E-state index contributed by atoms with van der Waals surface area (Å²) in [5.41, 5.74) is 1.32. The van der Waals surface area contributed by atoms with Crippen molar-refractivity contribution in [2.75, 3.05) is 0 Å². The molecule has 1 aliphatic carbocycles. The third-order valence-electron chi connectivity index (χ3n) is 1.81. The molecule has 1 nitrogen and oxygen atoms in total. The average molecular weight is 136 g/mol. The summed E-state index contributed by atoms with van der Waals surface area (Å²) in [5, 5.41) is 9.01. The fourth-order valence-electron chi connectivity index (χ4n) is 1.27. The molecule has 0 radical (unpaired) electrons. The Morgan fingerprint density at radius 3 is 2.60 bits per heavy atom. The highest BCUT2D eigenvalue weighted by Crippen LogP contribution is 2.23. The van der Waals surface area contributed by atoms with E-state index in [1.54, 1.807) is 6.08 Å². The topological polar surface area (TPSA) is 20.2 Å². The van der Waals surface area contributed by atoms with Crippen molar-refractivity contribution in [3.63, 3.8) is 0 Å². The molecule has 1 unspecified atom stereocenters. The number of hydrogen-bond donors (Lipinski definition) is 1. The molecule has 10 heavy (non-hydrogen) atoms. The van der Waals surface area contributed by atoms with E-state index in [1.807, 2.05) is 0 Å². The summed E-state index contributed by atoms with van der Waals surface area (Å²) in [6.45, 7) is 0. The molecule has 0 aromatic carbocycles. The minimum Gasteiger partial charge on any atom is -0.377 e. The molecule has 1 fully saturated rings. The Labute approximate surface area is 61.8 Å². The van der Waals surface area contributed by atoms with Crippen molar-refractivity contribution in [2.24, 2.45) is 0 Å². The molecular weight excluding hydrogens is 124 g/mol. The minimum absolute atomic E-state index is 0.659. The predicted molar refractivity (Wildman–Crippen MR) is 41.4 cm³/mol. The molecule has 0 bridgehead atoms. The monoisotopic (exact) mass is 136 g/mol. The second-order valence-corrected chi connectivity index (χ2v) is 2.64. The molecule has 0 aliphatic heterocycles. The highest BCUT2D eigenvalue weighted by atomic mass is 16.3. The smallest absolute Gasteiger partial charge is 0.133 e. The number of allylic oxidation sites excluding steroid dienone is 1. The van der Waals surface area contributed by atoms with Crippen LogP contribution in [0.25, 0.3) is 0 Å². The highest BCUT2D eigenvalue weighted by molar-refractivity contribution is 5.15. The van der Waals surface area contributed by atoms with Crippen LogP contribution in [0.4, 0.5) is 0 Å². The van der Waals surface area contributed by atoms with Crippen LogP contribution in [0.15, 0.2) is 11.6 Å². The van der Waals surface area contributed by atoms with Crippen LogP contribution < -0.4 is 0 Å². The molecule has 0 amide bonds. The van der Waals surface area contributed by atoms with Crippen LogP contribution >= 0.6 is 0 Å². The normalized spacial score (nSPS) is 20.2. The Kier molecular flexibility index (Phi) is 2.53. The summed E-state index contributed by atoms with van der Waals surface area (Å²) in [6.07, 6.45) is 10.9. The maximum Gasteiger partial charge on any atom is 0.133 e. The summed E-state index contributed by atoms with van der Waals surface area (Å²) in [4.78, 5) is 0. The Bertz CT molecular complexity index is 166. The van der Waals surface area contributed by atoms with Gasteiger partial charge in [-0.25, -0.2) is 0 Å². The fourth-order valence-corrected chi connectivity index (χ4v) is 1.27. The Morgan fingerprint density at radius 1 is 1.50 bits per heavy atom. The van der Waals surface area contributed by atoms with Crippen molar-refractivity contribution < 1.29 is 5.11 Å². The maximum absolute atomic E-state index is 9.01. The summed E-state index contributed by atoms with van der Waals surface area (Å²) in [6, 6.07) is 0. The van der Waals surface area contributed by atoms with E-state index in [-0.39, 0.29) is 0 Å². The zero-order valence-corrected chi connectivity index (χ0v) is 6.01. The lowest BCUT2D eigenvalue weighted by Gasteiger charge is -1.96. The molecule has 0 saturated heterocycles. The Morgan fingerprint density at radius 2 is 2.10 bits per heavy atom. The number of terminal acetylenes is 1. The quantitative estimate of drug-likeness (QED) is 0.427. The van der Waals surface area contributed by atoms with Crippen LogP contribution in [-0.2, 0) is 0 Å². The molecule has 1 atom stereocenters. The lowest BCUT2D eigenvalue weighted by molar-refractivity contribution is 0.279. The van der Waals surface area contributed by atoms with Crippen molar-refractivity contribution in [1.29, 1.82) is 0 Å². The average Bonchev–Trinajstić information content (AvgIpc) is 2.40. The van der Waals surface area contributed by atoms with Crippen molar-refractivity contribution in [3.05, 3.63) is 11.6 Å². The number of rotatable bonds is 1. The third-order valence-corrected chi connectivity index (χ3v) is 1.81. The third kappa shape index (κ3) is 1.89. The van der Waals surface area contributed by atoms with Gasteiger partial charge in [0.05, 0.1) is 0 Å². The van der Waals surface area contributed by atoms with Gasteiger partial charge in [-0.1, -0.05) is 11.5 Å². The van der Waals surface area contributed by atoms with Crippen LogP contribution in [0.5, 0.6) is 0 Å². The van der Waals surface area contributed by atoms with Gasteiger partial charge in [0.2, 0.25) is 0 Å². The van der Waals surface area contributed by atoms with E-state index in [4.69, 9.17) is 11.5 Å². The molecule has 0 spiro atoms. The molecule has 1 rings (SSSR count). The van der Waals surface area contributed by atoms with Gasteiger partial charge in [-0.05, 0) is 31.8 Å². The molecule has 1 aliphatic rings. The predicted octanol–water partition coefficient (Wildman–Crippen LogP) is 1.48. The summed E-state index contributed by atoms with van der Waals surface area (Å²) < 4.78 is 0. The SMILES string of the molecule is C#CC(O)C=C1CCCC1. The van der Waals surface area contributed by atoms with E-state index < -0.39 is 6.10 Å². The van der Waals surface area contributed by atoms with Crippen molar-refractivity contribution in [3.8, 4) is 12.3 Å². The van der Waals surface area contributed by atoms with E-state index in [2.05, 4.69) is 5.92 Å². The lowest BCUT2D eigenvalue weighted by Crippen LogP contribution is -1.97. The molecule has 0 aromatic rings. The van der Waals surface area contributed by atoms with Crippen molar-refractivity contribution >= 4 is 0 Å². The number of aliphatic hydroxyl groups is 1. The lowest BCUT2D eigenvalue weighted by atomic mass is 10.2. The van der Waals surface area contributed by atoms with Gasteiger partial charge in [-0.3, -0.25) is 0 Å². The van der Waals surface area contributed by atoms with Gasteiger partial charge in [-0.15, -0.1) is 6.42 Å². The first-order chi connectivity index (χ1) is 4.83. The molecular formula is C9H12O. The van der Waals surface area contributed by atoms with Gasteiger partial charge >= 0.3 is 0 Å². The standard InChI is InChI=1S/C9H12O/c1-2-9(10)7-8-5-3-4-6-8/h1,7,9-10H,3-6H2. The zero-order chi connectivity index (χ0) is 7.40. The van der Waals surface area contributed by atoms with Gasteiger partial charge in [0, 0.05) is 0 Å². The van der Waals surface area contributed by atoms with Crippen molar-refractivity contribution in [2.45, 2.75) is 31.8 Å². The Hall–Kier alpha value is -0.740. The largest absolute Gasteiger partial charge is 0.377 e. The maximum atomic E-state index is 9.01. The molecule has 1 saturated carbocycles. The van der Waals surface area contributed by atoms with E-state index in [1.165, 1.54) is 18.4 Å². The van der Waals surface area contributed by atoms with Crippen molar-refractivity contribution in [1.82, 2.24) is 0 Å². The van der Waals surface area contributed by atoms with Gasteiger partial charge in [0.1, 0.15) is 6.10 Å². The van der Waals surface area contributed by atoms with Crippen LogP contribution in [-0.4, -0.2) is 11.2 Å². The highest BCUT2D eigenvalue weighted by Gasteiger charge is 2.06. The van der Waals surface area contributed by atoms with Gasteiger partial charge in [0.15, 0.2) is 0 Å².